The van der Waals surface area contributed by atoms with Gasteiger partial charge in [-0.15, -0.1) is 0 Å². The molecule has 0 aromatic heterocycles. The van der Waals surface area contributed by atoms with E-state index in [4.69, 9.17) is 27.9 Å². The van der Waals surface area contributed by atoms with Gasteiger partial charge in [0, 0.05) is 21.2 Å². The molecule has 7 heteroatoms. The average molecular weight is 365 g/mol. The van der Waals surface area contributed by atoms with Gasteiger partial charge in [0.05, 0.1) is 6.61 Å². The summed E-state index contributed by atoms with van der Waals surface area (Å²) in [4.78, 5) is 15.2. The van der Waals surface area contributed by atoms with Gasteiger partial charge in [0.25, 0.3) is 0 Å². The molecule has 0 aliphatic rings. The third-order valence-corrected chi connectivity index (χ3v) is 3.94. The Bertz CT molecular complexity index is 737. The molecule has 0 spiro atoms. The lowest BCUT2D eigenvalue weighted by atomic mass is 9.82. The molecule has 2 aromatic rings. The first kappa shape index (κ1) is 18.2. The maximum atomic E-state index is 12.2. The lowest BCUT2D eigenvalue weighted by Crippen LogP contribution is -2.43. The van der Waals surface area contributed by atoms with Crippen LogP contribution in [-0.4, -0.2) is 28.2 Å². The van der Waals surface area contributed by atoms with Crippen molar-refractivity contribution in [2.75, 3.05) is 6.61 Å². The van der Waals surface area contributed by atoms with Crippen LogP contribution >= 0.6 is 23.2 Å². The molecule has 2 rings (SSSR count). The zero-order valence-corrected chi connectivity index (χ0v) is 14.3. The van der Waals surface area contributed by atoms with Crippen molar-refractivity contribution in [3.05, 3.63) is 75.2 Å². The predicted molar refractivity (Wildman–Crippen MR) is 91.2 cm³/mol. The van der Waals surface area contributed by atoms with Crippen LogP contribution in [-0.2, 0) is 15.1 Å². The fourth-order valence-corrected chi connectivity index (χ4v) is 2.53. The molecular formula is C17H14Cl2N2O3. The van der Waals surface area contributed by atoms with E-state index in [2.05, 4.69) is 4.79 Å². The molecule has 0 fully saturated rings. The van der Waals surface area contributed by atoms with Gasteiger partial charge in [-0.25, -0.2) is 4.79 Å². The Kier molecular flexibility index (Phi) is 5.75. The summed E-state index contributed by atoms with van der Waals surface area (Å²) in [6.07, 6.45) is 0. The Labute approximate surface area is 149 Å². The Morgan fingerprint density at radius 2 is 1.50 bits per heavy atom. The fraction of sp³-hybridized carbons (Fsp3) is 0.176. The highest BCUT2D eigenvalue weighted by molar-refractivity contribution is 6.38. The minimum absolute atomic E-state index is 0.0647. The normalized spacial score (nSPS) is 10.8. The maximum Gasteiger partial charge on any atom is 0.421 e. The molecule has 0 heterocycles. The topological polar surface area (TPSA) is 82.9 Å². The number of aliphatic hydroxyl groups is 1. The predicted octanol–water partition coefficient (Wildman–Crippen LogP) is 3.46. The SMILES string of the molecule is CCOC(=O)C(=[N+]=[N-])C(O)(c1ccc(Cl)cc1)c1ccc(Cl)cc1. The summed E-state index contributed by atoms with van der Waals surface area (Å²) >= 11 is 11.8. The highest BCUT2D eigenvalue weighted by atomic mass is 35.5. The van der Waals surface area contributed by atoms with Crippen LogP contribution in [0.5, 0.6) is 0 Å². The molecule has 0 unspecified atom stereocenters. The average Bonchev–Trinajstić information content (AvgIpc) is 2.56. The number of rotatable bonds is 5. The van der Waals surface area contributed by atoms with E-state index in [9.17, 15) is 15.4 Å². The van der Waals surface area contributed by atoms with Crippen molar-refractivity contribution in [1.82, 2.24) is 0 Å². The van der Waals surface area contributed by atoms with Crippen LogP contribution in [0.25, 0.3) is 5.53 Å². The summed E-state index contributed by atoms with van der Waals surface area (Å²) in [5.41, 5.74) is 7.35. The van der Waals surface area contributed by atoms with Gasteiger partial charge in [0.2, 0.25) is 5.60 Å². The number of carbonyl (C=O) groups excluding carboxylic acids is 1. The van der Waals surface area contributed by atoms with Crippen LogP contribution in [0.4, 0.5) is 0 Å². The van der Waals surface area contributed by atoms with Gasteiger partial charge in [-0.2, -0.15) is 4.79 Å². The van der Waals surface area contributed by atoms with E-state index in [1.807, 2.05) is 0 Å². The number of nitrogens with zero attached hydrogens (tertiary/aromatic N) is 2. The van der Waals surface area contributed by atoms with Gasteiger partial charge in [0.15, 0.2) is 0 Å². The maximum absolute atomic E-state index is 12.2. The van der Waals surface area contributed by atoms with Gasteiger partial charge in [0.1, 0.15) is 0 Å². The molecule has 0 atom stereocenters. The number of carbonyl (C=O) groups is 1. The summed E-state index contributed by atoms with van der Waals surface area (Å²) in [5, 5.41) is 12.2. The number of hydrogen-bond acceptors (Lipinski definition) is 3. The molecule has 0 bridgehead atoms. The molecule has 0 saturated carbocycles. The lowest BCUT2D eigenvalue weighted by molar-refractivity contribution is -0.142. The first-order valence-electron chi connectivity index (χ1n) is 7.07. The van der Waals surface area contributed by atoms with Crippen LogP contribution in [0, 0.1) is 0 Å². The molecule has 2 aromatic carbocycles. The number of hydrogen-bond donors (Lipinski definition) is 1. The van der Waals surface area contributed by atoms with Gasteiger partial charge in [-0.05, 0) is 31.2 Å². The molecule has 0 aliphatic carbocycles. The second-order valence-electron chi connectivity index (χ2n) is 4.89. The van der Waals surface area contributed by atoms with Crippen LogP contribution < -0.4 is 0 Å². The number of halogens is 2. The minimum atomic E-state index is -2.03. The molecule has 1 N–H and O–H groups in total. The summed E-state index contributed by atoms with van der Waals surface area (Å²) in [7, 11) is 0. The van der Waals surface area contributed by atoms with Crippen molar-refractivity contribution >= 4 is 34.9 Å². The van der Waals surface area contributed by atoms with Crippen LogP contribution in [0.3, 0.4) is 0 Å². The van der Waals surface area contributed by atoms with Crippen molar-refractivity contribution in [3.8, 4) is 0 Å². The molecule has 24 heavy (non-hydrogen) atoms. The van der Waals surface area contributed by atoms with Crippen molar-refractivity contribution in [2.24, 2.45) is 0 Å². The zero-order valence-electron chi connectivity index (χ0n) is 12.7. The van der Waals surface area contributed by atoms with E-state index >= 15 is 0 Å². The van der Waals surface area contributed by atoms with E-state index in [-0.39, 0.29) is 17.7 Å². The van der Waals surface area contributed by atoms with Crippen LogP contribution in [0.2, 0.25) is 10.0 Å². The van der Waals surface area contributed by atoms with E-state index in [1.165, 1.54) is 24.3 Å². The fourth-order valence-electron chi connectivity index (χ4n) is 2.28. The minimum Gasteiger partial charge on any atom is -0.457 e. The highest BCUT2D eigenvalue weighted by Crippen LogP contribution is 2.32. The third-order valence-electron chi connectivity index (χ3n) is 3.44. The highest BCUT2D eigenvalue weighted by Gasteiger charge is 2.49. The Morgan fingerprint density at radius 1 is 1.08 bits per heavy atom. The summed E-state index contributed by atoms with van der Waals surface area (Å²) in [6.45, 7) is 1.67. The van der Waals surface area contributed by atoms with Gasteiger partial charge < -0.3 is 15.4 Å². The molecule has 0 amide bonds. The number of benzene rings is 2. The monoisotopic (exact) mass is 364 g/mol. The first-order valence-corrected chi connectivity index (χ1v) is 7.83. The number of ether oxygens (including phenoxy) is 1. The third kappa shape index (κ3) is 3.50. The van der Waals surface area contributed by atoms with Crippen molar-refractivity contribution in [1.29, 1.82) is 0 Å². The van der Waals surface area contributed by atoms with Gasteiger partial charge in [-0.1, -0.05) is 47.5 Å². The largest absolute Gasteiger partial charge is 0.457 e. The van der Waals surface area contributed by atoms with E-state index < -0.39 is 17.3 Å². The van der Waals surface area contributed by atoms with Crippen molar-refractivity contribution in [2.45, 2.75) is 12.5 Å². The van der Waals surface area contributed by atoms with Crippen molar-refractivity contribution < 1.29 is 19.4 Å². The van der Waals surface area contributed by atoms with E-state index in [0.717, 1.165) is 0 Å². The molecular weight excluding hydrogens is 351 g/mol. The second kappa shape index (κ2) is 7.60. The van der Waals surface area contributed by atoms with Crippen molar-refractivity contribution in [3.63, 3.8) is 0 Å². The summed E-state index contributed by atoms with van der Waals surface area (Å²) in [5.74, 6) is -0.938. The first-order chi connectivity index (χ1) is 11.4. The number of esters is 1. The lowest BCUT2D eigenvalue weighted by Gasteiger charge is -2.24. The second-order valence-corrected chi connectivity index (χ2v) is 5.77. The smallest absolute Gasteiger partial charge is 0.421 e. The molecule has 0 radical (unpaired) electrons. The molecule has 0 saturated heterocycles. The van der Waals surface area contributed by atoms with Crippen LogP contribution in [0.15, 0.2) is 48.5 Å². The summed E-state index contributed by atoms with van der Waals surface area (Å²) < 4.78 is 4.89. The van der Waals surface area contributed by atoms with E-state index in [1.54, 1.807) is 31.2 Å². The standard InChI is InChI=1S/C17H14Cl2N2O3/c1-2-24-16(22)15(21-20)17(23,11-3-7-13(18)8-4-11)12-5-9-14(19)10-6-12/h3-10,23H,2H2,1H3. The van der Waals surface area contributed by atoms with E-state index in [0.29, 0.717) is 10.0 Å². The Balaban J connectivity index is 2.68. The Hall–Kier alpha value is -2.17. The summed E-state index contributed by atoms with van der Waals surface area (Å²) in [6, 6.07) is 12.3. The van der Waals surface area contributed by atoms with Gasteiger partial charge in [-0.3, -0.25) is 0 Å². The molecule has 0 aliphatic heterocycles. The zero-order chi connectivity index (χ0) is 17.7. The molecule has 5 nitrogen and oxygen atoms in total. The quantitative estimate of drug-likeness (QED) is 0.381. The Morgan fingerprint density at radius 3 is 1.83 bits per heavy atom. The van der Waals surface area contributed by atoms with Gasteiger partial charge >= 0.3 is 11.7 Å². The van der Waals surface area contributed by atoms with Crippen LogP contribution in [0.1, 0.15) is 18.1 Å². The molecule has 124 valence electrons.